The molecular formula is C12H17NO2Se. The van der Waals surface area contributed by atoms with Crippen molar-refractivity contribution in [3.8, 4) is 0 Å². The van der Waals surface area contributed by atoms with Crippen molar-refractivity contribution in [2.45, 2.75) is 31.0 Å². The molecule has 16 heavy (non-hydrogen) atoms. The first-order chi connectivity index (χ1) is 7.72. The molecule has 3 nitrogen and oxygen atoms in total. The van der Waals surface area contributed by atoms with E-state index in [9.17, 15) is 10.1 Å². The molecule has 0 amide bonds. The summed E-state index contributed by atoms with van der Waals surface area (Å²) >= 11 is 0.226. The molecule has 88 valence electrons. The van der Waals surface area contributed by atoms with Gasteiger partial charge in [0.1, 0.15) is 0 Å². The first-order valence-corrected chi connectivity index (χ1v) is 7.40. The molecule has 0 radical (unpaired) electrons. The van der Waals surface area contributed by atoms with Gasteiger partial charge in [-0.25, -0.2) is 0 Å². The van der Waals surface area contributed by atoms with Crippen LogP contribution in [-0.4, -0.2) is 26.4 Å². The van der Waals surface area contributed by atoms with Crippen molar-refractivity contribution in [1.29, 1.82) is 0 Å². The SMILES string of the molecule is CCCCC(C[N+](=O)[O-])[Se]c1ccccc1. The molecule has 0 spiro atoms. The van der Waals surface area contributed by atoms with E-state index in [0.29, 0.717) is 0 Å². The van der Waals surface area contributed by atoms with Crippen molar-refractivity contribution in [3.63, 3.8) is 0 Å². The van der Waals surface area contributed by atoms with Crippen molar-refractivity contribution in [2.24, 2.45) is 0 Å². The topological polar surface area (TPSA) is 43.1 Å². The fourth-order valence-corrected chi connectivity index (χ4v) is 3.95. The van der Waals surface area contributed by atoms with Gasteiger partial charge in [0.05, 0.1) is 0 Å². The van der Waals surface area contributed by atoms with Gasteiger partial charge in [-0.05, 0) is 0 Å². The van der Waals surface area contributed by atoms with Crippen molar-refractivity contribution in [1.82, 2.24) is 0 Å². The van der Waals surface area contributed by atoms with E-state index in [1.54, 1.807) is 0 Å². The van der Waals surface area contributed by atoms with Gasteiger partial charge in [0.25, 0.3) is 0 Å². The Morgan fingerprint density at radius 1 is 1.38 bits per heavy atom. The van der Waals surface area contributed by atoms with Crippen molar-refractivity contribution < 1.29 is 4.92 Å². The second-order valence-electron chi connectivity index (χ2n) is 3.71. The molecule has 0 N–H and O–H groups in total. The standard InChI is InChI=1S/C12H17NO2Se/c1-2-3-7-12(10-13(14)15)16-11-8-5-4-6-9-11/h4-6,8-9,12H,2-3,7,10H2,1H3. The van der Waals surface area contributed by atoms with Crippen molar-refractivity contribution >= 4 is 19.4 Å². The van der Waals surface area contributed by atoms with E-state index in [1.807, 2.05) is 18.2 Å². The Balaban J connectivity index is 2.52. The van der Waals surface area contributed by atoms with Gasteiger partial charge >= 0.3 is 102 Å². The molecule has 0 saturated carbocycles. The molecule has 4 heteroatoms. The van der Waals surface area contributed by atoms with Crippen molar-refractivity contribution in [3.05, 3.63) is 40.4 Å². The first-order valence-electron chi connectivity index (χ1n) is 5.56. The molecule has 1 unspecified atom stereocenters. The molecular weight excluding hydrogens is 269 g/mol. The minimum atomic E-state index is -0.176. The number of hydrogen-bond acceptors (Lipinski definition) is 2. The summed E-state index contributed by atoms with van der Waals surface area (Å²) in [5, 5.41) is 10.6. The molecule has 0 bridgehead atoms. The minimum absolute atomic E-state index is 0.120. The molecule has 0 saturated heterocycles. The summed E-state index contributed by atoms with van der Waals surface area (Å²) in [4.78, 5) is 10.6. The number of benzene rings is 1. The van der Waals surface area contributed by atoms with E-state index >= 15 is 0 Å². The van der Waals surface area contributed by atoms with Crippen LogP contribution in [0.15, 0.2) is 30.3 Å². The quantitative estimate of drug-likeness (QED) is 0.438. The van der Waals surface area contributed by atoms with Crippen LogP contribution in [0.4, 0.5) is 0 Å². The third-order valence-electron chi connectivity index (χ3n) is 2.28. The van der Waals surface area contributed by atoms with E-state index in [0.717, 1.165) is 19.3 Å². The van der Waals surface area contributed by atoms with Crippen LogP contribution in [0.25, 0.3) is 0 Å². The van der Waals surface area contributed by atoms with Crippen LogP contribution in [0, 0.1) is 10.1 Å². The predicted octanol–water partition coefficient (Wildman–Crippen LogP) is 2.27. The van der Waals surface area contributed by atoms with Gasteiger partial charge in [0, 0.05) is 0 Å². The third-order valence-corrected chi connectivity index (χ3v) is 4.93. The zero-order chi connectivity index (χ0) is 11.8. The van der Waals surface area contributed by atoms with Crippen LogP contribution in [0.1, 0.15) is 26.2 Å². The average Bonchev–Trinajstić information content (AvgIpc) is 2.26. The summed E-state index contributed by atoms with van der Waals surface area (Å²) in [6.45, 7) is 2.24. The molecule has 1 atom stereocenters. The molecule has 0 heterocycles. The predicted molar refractivity (Wildman–Crippen MR) is 67.0 cm³/mol. The summed E-state index contributed by atoms with van der Waals surface area (Å²) in [6, 6.07) is 10.1. The van der Waals surface area contributed by atoms with Gasteiger partial charge in [-0.15, -0.1) is 0 Å². The number of nitro groups is 1. The number of hydrogen-bond donors (Lipinski definition) is 0. The van der Waals surface area contributed by atoms with Crippen LogP contribution in [0.3, 0.4) is 0 Å². The second kappa shape index (κ2) is 7.42. The Morgan fingerprint density at radius 2 is 2.06 bits per heavy atom. The maximum absolute atomic E-state index is 10.6. The van der Waals surface area contributed by atoms with Gasteiger partial charge in [-0.2, -0.15) is 0 Å². The van der Waals surface area contributed by atoms with Crippen LogP contribution in [0.2, 0.25) is 4.82 Å². The Kier molecular flexibility index (Phi) is 6.12. The molecule has 1 aromatic rings. The van der Waals surface area contributed by atoms with Gasteiger partial charge in [-0.1, -0.05) is 0 Å². The maximum atomic E-state index is 10.6. The van der Waals surface area contributed by atoms with E-state index in [4.69, 9.17) is 0 Å². The molecule has 0 aliphatic rings. The van der Waals surface area contributed by atoms with Crippen LogP contribution < -0.4 is 4.46 Å². The monoisotopic (exact) mass is 287 g/mol. The zero-order valence-corrected chi connectivity index (χ0v) is 11.2. The van der Waals surface area contributed by atoms with Gasteiger partial charge < -0.3 is 0 Å². The fourth-order valence-electron chi connectivity index (χ4n) is 1.48. The number of nitrogens with zero attached hydrogens (tertiary/aromatic N) is 1. The Labute approximate surface area is 103 Å². The first kappa shape index (κ1) is 13.2. The zero-order valence-electron chi connectivity index (χ0n) is 9.46. The number of unbranched alkanes of at least 4 members (excludes halogenated alkanes) is 1. The van der Waals surface area contributed by atoms with E-state index in [-0.39, 0.29) is 31.2 Å². The van der Waals surface area contributed by atoms with Crippen LogP contribution in [0.5, 0.6) is 0 Å². The molecule has 0 aliphatic heterocycles. The summed E-state index contributed by atoms with van der Waals surface area (Å²) in [5.41, 5.74) is 0. The van der Waals surface area contributed by atoms with E-state index in [1.165, 1.54) is 4.46 Å². The molecule has 1 rings (SSSR count). The van der Waals surface area contributed by atoms with E-state index in [2.05, 4.69) is 19.1 Å². The van der Waals surface area contributed by atoms with Crippen LogP contribution >= 0.6 is 0 Å². The molecule has 0 aromatic heterocycles. The second-order valence-corrected chi connectivity index (χ2v) is 6.59. The summed E-state index contributed by atoms with van der Waals surface area (Å²) < 4.78 is 1.26. The normalized spacial score (nSPS) is 12.3. The fraction of sp³-hybridized carbons (Fsp3) is 0.500. The summed E-state index contributed by atoms with van der Waals surface area (Å²) in [7, 11) is 0. The summed E-state index contributed by atoms with van der Waals surface area (Å²) in [5.74, 6) is 0. The van der Waals surface area contributed by atoms with Gasteiger partial charge in [0.15, 0.2) is 0 Å². The third kappa shape index (κ3) is 5.29. The summed E-state index contributed by atoms with van der Waals surface area (Å²) in [6.07, 6.45) is 3.18. The Morgan fingerprint density at radius 3 is 2.62 bits per heavy atom. The number of rotatable bonds is 7. The Bertz CT molecular complexity index is 316. The van der Waals surface area contributed by atoms with Gasteiger partial charge in [0.2, 0.25) is 0 Å². The molecule has 0 aliphatic carbocycles. The van der Waals surface area contributed by atoms with E-state index < -0.39 is 0 Å². The van der Waals surface area contributed by atoms with Gasteiger partial charge in [-0.3, -0.25) is 0 Å². The average molecular weight is 286 g/mol. The van der Waals surface area contributed by atoms with Crippen LogP contribution in [-0.2, 0) is 0 Å². The van der Waals surface area contributed by atoms with Crippen molar-refractivity contribution in [2.75, 3.05) is 6.54 Å². The Hall–Kier alpha value is -0.861. The molecule has 1 aromatic carbocycles. The molecule has 0 fully saturated rings.